The topological polar surface area (TPSA) is 131 Å². The number of benzene rings is 2. The van der Waals surface area contributed by atoms with Crippen molar-refractivity contribution in [3.05, 3.63) is 63.6 Å². The number of amides is 3. The molecule has 12 heteroatoms. The van der Waals surface area contributed by atoms with E-state index >= 15 is 0 Å². The minimum Gasteiger partial charge on any atom is -0.462 e. The molecule has 2 N–H and O–H groups in total. The second-order valence-corrected chi connectivity index (χ2v) is 9.01. The summed E-state index contributed by atoms with van der Waals surface area (Å²) in [6, 6.07) is 10.3. The fraction of sp³-hybridized carbons (Fsp3) is 0.320. The second-order valence-electron chi connectivity index (χ2n) is 8.20. The molecule has 0 aliphatic carbocycles. The van der Waals surface area contributed by atoms with Crippen LogP contribution in [-0.4, -0.2) is 54.4 Å². The van der Waals surface area contributed by atoms with Crippen LogP contribution < -0.4 is 10.7 Å². The maximum absolute atomic E-state index is 12.4. The number of rotatable bonds is 10. The van der Waals surface area contributed by atoms with Gasteiger partial charge in [0.25, 0.3) is 11.8 Å². The van der Waals surface area contributed by atoms with Gasteiger partial charge in [-0.3, -0.25) is 29.6 Å². The summed E-state index contributed by atoms with van der Waals surface area (Å²) >= 11 is 11.8. The zero-order chi connectivity index (χ0) is 26.9. The Bertz CT molecular complexity index is 1190. The highest BCUT2D eigenvalue weighted by Crippen LogP contribution is 2.23. The predicted molar refractivity (Wildman–Crippen MR) is 135 cm³/mol. The zero-order valence-electron chi connectivity index (χ0n) is 19.9. The molecule has 37 heavy (non-hydrogen) atoms. The summed E-state index contributed by atoms with van der Waals surface area (Å²) in [4.78, 5) is 61.1. The lowest BCUT2D eigenvalue weighted by atomic mass is 10.1. The molecule has 0 saturated carbocycles. The van der Waals surface area contributed by atoms with Crippen LogP contribution in [0.2, 0.25) is 10.0 Å². The minimum absolute atomic E-state index is 0.109. The van der Waals surface area contributed by atoms with E-state index in [1.165, 1.54) is 42.5 Å². The predicted octanol–water partition coefficient (Wildman–Crippen LogP) is 3.63. The number of unbranched alkanes of at least 4 members (excludes halogenated alkanes) is 1. The van der Waals surface area contributed by atoms with E-state index in [4.69, 9.17) is 32.7 Å². The molecule has 1 heterocycles. The summed E-state index contributed by atoms with van der Waals surface area (Å²) in [5.41, 5.74) is 3.36. The van der Waals surface area contributed by atoms with Crippen molar-refractivity contribution in [2.45, 2.75) is 26.2 Å². The summed E-state index contributed by atoms with van der Waals surface area (Å²) in [5.74, 6) is -3.73. The van der Waals surface area contributed by atoms with Gasteiger partial charge < -0.3 is 14.8 Å². The summed E-state index contributed by atoms with van der Waals surface area (Å²) in [7, 11) is 0. The van der Waals surface area contributed by atoms with Crippen LogP contribution in [0.3, 0.4) is 0 Å². The molecule has 0 unspecified atom stereocenters. The average molecular weight is 550 g/mol. The number of carbonyl (C=O) groups is 5. The van der Waals surface area contributed by atoms with Crippen LogP contribution in [0.15, 0.2) is 42.5 Å². The molecule has 10 nitrogen and oxygen atoms in total. The maximum Gasteiger partial charge on any atom is 0.338 e. The summed E-state index contributed by atoms with van der Waals surface area (Å²) < 4.78 is 10.2. The molecule has 2 aromatic rings. The van der Waals surface area contributed by atoms with Crippen LogP contribution in [0.5, 0.6) is 0 Å². The number of nitrogens with one attached hydrogen (secondary N) is 2. The first-order chi connectivity index (χ1) is 17.7. The second kappa shape index (κ2) is 13.1. The van der Waals surface area contributed by atoms with Gasteiger partial charge in [0.05, 0.1) is 34.7 Å². The monoisotopic (exact) mass is 549 g/mol. The van der Waals surface area contributed by atoms with E-state index < -0.39 is 42.2 Å². The van der Waals surface area contributed by atoms with E-state index in [1.54, 1.807) is 0 Å². The molecular weight excluding hydrogens is 525 g/mol. The van der Waals surface area contributed by atoms with E-state index in [-0.39, 0.29) is 28.6 Å². The molecule has 0 bridgehead atoms. The van der Waals surface area contributed by atoms with Crippen LogP contribution in [0.1, 0.15) is 46.9 Å². The number of hydrogen-bond donors (Lipinski definition) is 2. The molecule has 0 radical (unpaired) electrons. The quantitative estimate of drug-likeness (QED) is 0.341. The molecular formula is C25H25Cl2N3O7. The first-order valence-electron chi connectivity index (χ1n) is 11.5. The molecule has 1 fully saturated rings. The molecule has 0 spiro atoms. The fourth-order valence-electron chi connectivity index (χ4n) is 3.33. The first kappa shape index (κ1) is 27.9. The smallest absolute Gasteiger partial charge is 0.338 e. The van der Waals surface area contributed by atoms with Gasteiger partial charge in [0.2, 0.25) is 5.91 Å². The van der Waals surface area contributed by atoms with Crippen molar-refractivity contribution in [3.8, 4) is 0 Å². The van der Waals surface area contributed by atoms with Gasteiger partial charge >= 0.3 is 11.9 Å². The van der Waals surface area contributed by atoms with Gasteiger partial charge in [-0.1, -0.05) is 36.5 Å². The average Bonchev–Trinajstić information content (AvgIpc) is 3.24. The van der Waals surface area contributed by atoms with E-state index in [0.29, 0.717) is 17.9 Å². The molecule has 2 aromatic carbocycles. The van der Waals surface area contributed by atoms with Gasteiger partial charge in [-0.25, -0.2) is 4.79 Å². The van der Waals surface area contributed by atoms with Crippen molar-refractivity contribution in [2.75, 3.05) is 25.1 Å². The number of carbonyl (C=O) groups excluding carboxylic acids is 5. The lowest BCUT2D eigenvalue weighted by Crippen LogP contribution is -2.43. The maximum atomic E-state index is 12.4. The van der Waals surface area contributed by atoms with Crippen LogP contribution in [-0.2, 0) is 23.9 Å². The zero-order valence-corrected chi connectivity index (χ0v) is 21.4. The molecule has 196 valence electrons. The lowest BCUT2D eigenvalue weighted by Gasteiger charge is -2.17. The van der Waals surface area contributed by atoms with Gasteiger partial charge in [-0.15, -0.1) is 0 Å². The largest absolute Gasteiger partial charge is 0.462 e. The first-order valence-corrected chi connectivity index (χ1v) is 12.2. The van der Waals surface area contributed by atoms with Crippen molar-refractivity contribution in [1.29, 1.82) is 0 Å². The van der Waals surface area contributed by atoms with Crippen LogP contribution in [0.4, 0.5) is 5.69 Å². The summed E-state index contributed by atoms with van der Waals surface area (Å²) in [6.07, 6.45) is 1.51. The van der Waals surface area contributed by atoms with Crippen molar-refractivity contribution in [1.82, 2.24) is 10.4 Å². The molecule has 1 saturated heterocycles. The van der Waals surface area contributed by atoms with Crippen molar-refractivity contribution in [2.24, 2.45) is 5.92 Å². The normalized spacial score (nSPS) is 14.7. The third-order valence-corrected chi connectivity index (χ3v) is 6.10. The number of hydrogen-bond acceptors (Lipinski definition) is 7. The van der Waals surface area contributed by atoms with Gasteiger partial charge in [0.15, 0.2) is 6.61 Å². The SMILES string of the molecule is CCCCOC(=O)c1ccc(NC(=O)COC(=O)[C@@H]2CC(=O)N(NC(=O)c3ccc(Cl)c(Cl)c3)C2)cc1. The van der Waals surface area contributed by atoms with Gasteiger partial charge in [-0.05, 0) is 48.9 Å². The Morgan fingerprint density at radius 2 is 1.70 bits per heavy atom. The van der Waals surface area contributed by atoms with E-state index in [9.17, 15) is 24.0 Å². The van der Waals surface area contributed by atoms with E-state index in [0.717, 1.165) is 17.9 Å². The van der Waals surface area contributed by atoms with E-state index in [2.05, 4.69) is 10.7 Å². The van der Waals surface area contributed by atoms with Gasteiger partial charge in [-0.2, -0.15) is 0 Å². The standard InChI is InChI=1S/C25H25Cl2N3O7/c1-2-3-10-36-24(34)15-4-7-18(8-5-15)28-21(31)14-37-25(35)17-12-22(32)30(13-17)29-23(33)16-6-9-19(26)20(27)11-16/h4-9,11,17H,2-3,10,12-14H2,1H3,(H,28,31)(H,29,33)/t17-/m1/s1. The van der Waals surface area contributed by atoms with Crippen molar-refractivity contribution < 1.29 is 33.4 Å². The Labute approximate surface area is 223 Å². The Balaban J connectivity index is 1.44. The van der Waals surface area contributed by atoms with Crippen molar-refractivity contribution in [3.63, 3.8) is 0 Å². The number of hydrazine groups is 1. The molecule has 1 aliphatic rings. The molecule has 1 aliphatic heterocycles. The highest BCUT2D eigenvalue weighted by molar-refractivity contribution is 6.42. The summed E-state index contributed by atoms with van der Waals surface area (Å²) in [6.45, 7) is 1.65. The number of halogens is 2. The Morgan fingerprint density at radius 3 is 2.38 bits per heavy atom. The molecule has 3 rings (SSSR count). The van der Waals surface area contributed by atoms with Crippen LogP contribution >= 0.6 is 23.2 Å². The number of anilines is 1. The third-order valence-electron chi connectivity index (χ3n) is 5.36. The van der Waals surface area contributed by atoms with Crippen LogP contribution in [0.25, 0.3) is 0 Å². The summed E-state index contributed by atoms with van der Waals surface area (Å²) in [5, 5.41) is 4.04. The fourth-order valence-corrected chi connectivity index (χ4v) is 3.63. The van der Waals surface area contributed by atoms with Crippen LogP contribution in [0, 0.1) is 5.92 Å². The van der Waals surface area contributed by atoms with Crippen molar-refractivity contribution >= 4 is 58.5 Å². The highest BCUT2D eigenvalue weighted by atomic mass is 35.5. The molecule has 3 amide bonds. The Hall–Kier alpha value is -3.63. The van der Waals surface area contributed by atoms with E-state index in [1.807, 2.05) is 6.92 Å². The highest BCUT2D eigenvalue weighted by Gasteiger charge is 2.36. The molecule has 0 aromatic heterocycles. The lowest BCUT2D eigenvalue weighted by molar-refractivity contribution is -0.151. The minimum atomic E-state index is -0.854. The van der Waals surface area contributed by atoms with Gasteiger partial charge in [0.1, 0.15) is 0 Å². The molecule has 1 atom stereocenters. The number of esters is 2. The Kier molecular flexibility index (Phi) is 9.87. The number of ether oxygens (including phenoxy) is 2. The Morgan fingerprint density at radius 1 is 1.00 bits per heavy atom. The third kappa shape index (κ3) is 7.93. The van der Waals surface area contributed by atoms with Gasteiger partial charge in [0, 0.05) is 17.7 Å². The number of nitrogens with zero attached hydrogens (tertiary/aromatic N) is 1.